The van der Waals surface area contributed by atoms with Crippen molar-refractivity contribution in [3.05, 3.63) is 29.8 Å². The van der Waals surface area contributed by atoms with Gasteiger partial charge in [-0.1, -0.05) is 13.8 Å². The number of thiol groups is 1. The lowest BCUT2D eigenvalue weighted by Crippen LogP contribution is -2.57. The Morgan fingerprint density at radius 2 is 1.67 bits per heavy atom. The molecule has 1 N–H and O–H groups in total. The predicted octanol–water partition coefficient (Wildman–Crippen LogP) is 4.74. The molecule has 0 radical (unpaired) electrons. The minimum absolute atomic E-state index is 0.0101. The van der Waals surface area contributed by atoms with Crippen LogP contribution in [0.5, 0.6) is 5.75 Å². The van der Waals surface area contributed by atoms with E-state index in [0.29, 0.717) is 61.5 Å². The van der Waals surface area contributed by atoms with Gasteiger partial charge in [0.1, 0.15) is 5.75 Å². The van der Waals surface area contributed by atoms with Gasteiger partial charge >= 0.3 is 21.2 Å². The molecular weight excluding hydrogens is 628 g/mol. The molecule has 1 aliphatic heterocycles. The van der Waals surface area contributed by atoms with E-state index in [1.165, 1.54) is 4.72 Å². The fourth-order valence-corrected chi connectivity index (χ4v) is 12.8. The van der Waals surface area contributed by atoms with E-state index in [-0.39, 0.29) is 23.6 Å². The number of hydrogen-bond acceptors (Lipinski definition) is 8. The minimum atomic E-state index is -5.60. The number of alkyl halides is 2. The number of ketones is 1. The Morgan fingerprint density at radius 3 is 2.22 bits per heavy atom. The molecule has 1 aromatic carbocycles. The summed E-state index contributed by atoms with van der Waals surface area (Å²) >= 11 is 0. The molecule has 1 saturated heterocycles. The van der Waals surface area contributed by atoms with Crippen LogP contribution in [0.15, 0.2) is 24.3 Å². The van der Waals surface area contributed by atoms with Crippen molar-refractivity contribution >= 4 is 38.6 Å². The number of halogens is 2. The molecule has 1 heterocycles. The highest BCUT2D eigenvalue weighted by atomic mass is 32.2. The fraction of sp³-hybridized carbons (Fsp3) is 0.719. The molecule has 4 unspecified atom stereocenters. The Bertz CT molecular complexity index is 1380. The summed E-state index contributed by atoms with van der Waals surface area (Å²) in [4.78, 5) is 38.1. The first-order valence-corrected chi connectivity index (χ1v) is 18.9. The summed E-state index contributed by atoms with van der Waals surface area (Å²) in [5.41, 5.74) is -0.429. The van der Waals surface area contributed by atoms with Gasteiger partial charge in [0.05, 0.1) is 32.2 Å². The van der Waals surface area contributed by atoms with Gasteiger partial charge in [0.2, 0.25) is 5.91 Å². The number of carbonyl (C=O) groups excluding carboxylic acids is 3. The van der Waals surface area contributed by atoms with Crippen LogP contribution in [0.1, 0.15) is 69.7 Å². The van der Waals surface area contributed by atoms with E-state index in [2.05, 4.69) is 13.8 Å². The molecule has 6 rings (SSSR count). The number of Topliss-reactive ketones (excluding diaryl/α,β-unsaturated/α-hetero) is 1. The zero-order chi connectivity index (χ0) is 32.8. The number of nitrogens with one attached hydrogen (secondary N) is 1. The lowest BCUT2D eigenvalue weighted by molar-refractivity contribution is -0.183. The maximum absolute atomic E-state index is 14.8. The molecule has 13 heteroatoms. The van der Waals surface area contributed by atoms with Gasteiger partial charge in [-0.3, -0.25) is 9.59 Å². The third-order valence-corrected chi connectivity index (χ3v) is 15.1. The Hall–Kier alpha value is -2.25. The maximum atomic E-state index is 14.8. The van der Waals surface area contributed by atoms with Crippen molar-refractivity contribution in [2.45, 2.75) is 69.8 Å². The summed E-state index contributed by atoms with van der Waals surface area (Å²) < 4.78 is 71.1. The Morgan fingerprint density at radius 1 is 1.07 bits per heavy atom. The van der Waals surface area contributed by atoms with Crippen LogP contribution >= 0.6 is 10.9 Å². The summed E-state index contributed by atoms with van der Waals surface area (Å²) in [6.07, 6.45) is 5.15. The fourth-order valence-electron chi connectivity index (χ4n) is 9.02. The van der Waals surface area contributed by atoms with E-state index in [9.17, 15) is 31.6 Å². The number of esters is 1. The zero-order valence-electron chi connectivity index (χ0n) is 26.4. The molecular formula is C32H45F2NO8S2. The van der Waals surface area contributed by atoms with Crippen molar-refractivity contribution in [2.24, 2.45) is 34.5 Å². The smallest absolute Gasteiger partial charge is 0.459 e. The molecule has 45 heavy (non-hydrogen) atoms. The van der Waals surface area contributed by atoms with Gasteiger partial charge in [0.25, 0.3) is 0 Å². The monoisotopic (exact) mass is 673 g/mol. The number of benzene rings is 1. The molecule has 1 amide bonds. The number of carbonyl (C=O) groups is 3. The van der Waals surface area contributed by atoms with Crippen LogP contribution in [0.3, 0.4) is 0 Å². The molecule has 4 atom stereocenters. The number of methoxy groups -OCH3 is 1. The molecule has 252 valence electrons. The average molecular weight is 674 g/mol. The summed E-state index contributed by atoms with van der Waals surface area (Å²) in [7, 11) is -4.73. The highest BCUT2D eigenvalue weighted by molar-refractivity contribution is 8.18. The van der Waals surface area contributed by atoms with Gasteiger partial charge < -0.3 is 14.2 Å². The summed E-state index contributed by atoms with van der Waals surface area (Å²) in [5, 5.41) is -5.18. The third-order valence-electron chi connectivity index (χ3n) is 10.5. The molecule has 0 spiro atoms. The third kappa shape index (κ3) is 6.76. The molecule has 4 bridgehead atoms. The van der Waals surface area contributed by atoms with Crippen LogP contribution in [0.25, 0.3) is 0 Å². The zero-order valence-corrected chi connectivity index (χ0v) is 28.1. The van der Waals surface area contributed by atoms with Gasteiger partial charge in [-0.05, 0) is 103 Å². The van der Waals surface area contributed by atoms with Crippen LogP contribution in [-0.2, 0) is 29.1 Å². The maximum Gasteiger partial charge on any atom is 0.459 e. The van der Waals surface area contributed by atoms with Crippen LogP contribution in [0.2, 0.25) is 0 Å². The molecule has 0 aromatic heterocycles. The van der Waals surface area contributed by atoms with Crippen LogP contribution < -0.4 is 9.46 Å². The van der Waals surface area contributed by atoms with E-state index in [4.69, 9.17) is 14.2 Å². The van der Waals surface area contributed by atoms with Crippen LogP contribution in [-0.4, -0.2) is 75.0 Å². The second-order valence-electron chi connectivity index (χ2n) is 14.2. The summed E-state index contributed by atoms with van der Waals surface area (Å²) in [6.45, 7) is 5.94. The lowest BCUT2D eigenvalue weighted by Gasteiger charge is -2.62. The van der Waals surface area contributed by atoms with Crippen molar-refractivity contribution in [3.8, 4) is 5.75 Å². The first-order valence-electron chi connectivity index (χ1n) is 15.7. The van der Waals surface area contributed by atoms with Crippen molar-refractivity contribution in [1.82, 2.24) is 4.72 Å². The van der Waals surface area contributed by atoms with Crippen molar-refractivity contribution < 1.29 is 45.8 Å². The van der Waals surface area contributed by atoms with E-state index in [1.807, 2.05) is 0 Å². The highest BCUT2D eigenvalue weighted by Gasteiger charge is 2.61. The first kappa shape index (κ1) is 34.1. The van der Waals surface area contributed by atoms with Crippen LogP contribution in [0, 0.1) is 34.5 Å². The van der Waals surface area contributed by atoms with Crippen molar-refractivity contribution in [1.29, 1.82) is 0 Å². The summed E-state index contributed by atoms with van der Waals surface area (Å²) in [5.74, 6) is 0.0879. The van der Waals surface area contributed by atoms with Crippen molar-refractivity contribution in [2.75, 3.05) is 38.4 Å². The number of ether oxygens (including phenoxy) is 3. The lowest BCUT2D eigenvalue weighted by atomic mass is 9.43. The van der Waals surface area contributed by atoms with E-state index in [1.54, 1.807) is 31.4 Å². The minimum Gasteiger partial charge on any atom is -0.497 e. The number of amides is 1. The SMILES string of the molecule is COc1ccc(C(=O)C([SH]2CCOCC2)C(C)(C)CC2C3CC4CC(C3)CC2(COC(=O)C(F)(F)S(=O)(=O)NC(C)=O)C4)cc1. The van der Waals surface area contributed by atoms with Crippen LogP contribution in [0.4, 0.5) is 8.78 Å². The molecule has 9 nitrogen and oxygen atoms in total. The normalized spacial score (nSPS) is 29.6. The molecule has 1 aromatic rings. The number of rotatable bonds is 12. The average Bonchev–Trinajstić information content (AvgIpc) is 2.97. The molecule has 5 aliphatic rings. The van der Waals surface area contributed by atoms with E-state index < -0.39 is 48.9 Å². The largest absolute Gasteiger partial charge is 0.497 e. The van der Waals surface area contributed by atoms with E-state index >= 15 is 0 Å². The quantitative estimate of drug-likeness (QED) is 0.185. The van der Waals surface area contributed by atoms with Gasteiger partial charge in [0, 0.05) is 17.9 Å². The number of hydrogen-bond donors (Lipinski definition) is 2. The number of sulfonamides is 1. The standard InChI is InChI=1S/C32H45F2NO8S2/c1-20(36)35-45(39,40)32(33,34)29(38)43-19-31-16-21-13-22(17-31)15-24(14-21)26(31)18-30(2,3)28(44-11-9-42-10-12-44)27(37)23-5-7-25(41-4)8-6-23/h5-8,21-22,24,26,28,44H,9-19H2,1-4H3,(H,35,36). The van der Waals surface area contributed by atoms with Gasteiger partial charge in [-0.15, -0.1) is 0 Å². The summed E-state index contributed by atoms with van der Waals surface area (Å²) in [6, 6.07) is 7.19. The molecule has 4 saturated carbocycles. The van der Waals surface area contributed by atoms with Gasteiger partial charge in [0.15, 0.2) is 5.78 Å². The second kappa shape index (κ2) is 12.7. The Balaban J connectivity index is 1.42. The highest BCUT2D eigenvalue weighted by Crippen LogP contribution is 2.66. The van der Waals surface area contributed by atoms with Gasteiger partial charge in [-0.25, -0.2) is 20.4 Å². The predicted molar refractivity (Wildman–Crippen MR) is 167 cm³/mol. The second-order valence-corrected chi connectivity index (χ2v) is 18.5. The van der Waals surface area contributed by atoms with Gasteiger partial charge in [-0.2, -0.15) is 17.2 Å². The van der Waals surface area contributed by atoms with E-state index in [0.717, 1.165) is 37.7 Å². The molecule has 5 fully saturated rings. The Labute approximate surface area is 266 Å². The topological polar surface area (TPSA) is 125 Å². The Kier molecular flexibility index (Phi) is 9.66. The molecule has 4 aliphatic carbocycles. The first-order chi connectivity index (χ1) is 21.1. The van der Waals surface area contributed by atoms with Crippen molar-refractivity contribution in [3.63, 3.8) is 0 Å².